The van der Waals surface area contributed by atoms with Crippen LogP contribution in [0.3, 0.4) is 0 Å². The van der Waals surface area contributed by atoms with E-state index in [1.807, 2.05) is 80.4 Å². The van der Waals surface area contributed by atoms with Gasteiger partial charge in [-0.3, -0.25) is 19.3 Å². The first kappa shape index (κ1) is 27.4. The van der Waals surface area contributed by atoms with E-state index < -0.39 is 24.1 Å². The van der Waals surface area contributed by atoms with Gasteiger partial charge in [0.05, 0.1) is 12.7 Å². The van der Waals surface area contributed by atoms with Crippen LogP contribution in [-0.2, 0) is 14.4 Å². The molecule has 2 N–H and O–H groups in total. The Labute approximate surface area is 225 Å². The molecule has 0 aromatic heterocycles. The molecule has 0 unspecified atom stereocenters. The molecule has 2 aromatic carbocycles. The topological polar surface area (TPSA) is 91.0 Å². The molecule has 38 heavy (non-hydrogen) atoms. The second-order valence-electron chi connectivity index (χ2n) is 10.4. The molecular formula is C30H38N4O4. The second kappa shape index (κ2) is 12.3. The van der Waals surface area contributed by atoms with Crippen LogP contribution in [0.2, 0.25) is 0 Å². The zero-order valence-electron chi connectivity index (χ0n) is 22.6. The molecule has 8 heteroatoms. The molecule has 0 saturated carbocycles. The maximum Gasteiger partial charge on any atom is 0.247 e. The summed E-state index contributed by atoms with van der Waals surface area (Å²) in [4.78, 5) is 44.6. The van der Waals surface area contributed by atoms with Crippen molar-refractivity contribution in [3.8, 4) is 5.75 Å². The molecule has 1 saturated heterocycles. The number of carbonyl (C=O) groups is 3. The van der Waals surface area contributed by atoms with Crippen molar-refractivity contribution in [1.82, 2.24) is 20.4 Å². The predicted octanol–water partition coefficient (Wildman–Crippen LogP) is 3.71. The van der Waals surface area contributed by atoms with E-state index in [0.717, 1.165) is 30.4 Å². The van der Waals surface area contributed by atoms with Crippen molar-refractivity contribution in [3.63, 3.8) is 0 Å². The van der Waals surface area contributed by atoms with Crippen LogP contribution in [0, 0.1) is 5.92 Å². The maximum atomic E-state index is 14.1. The van der Waals surface area contributed by atoms with Crippen LogP contribution in [0.25, 0.3) is 6.08 Å². The third-order valence-corrected chi connectivity index (χ3v) is 7.22. The molecule has 5 rings (SSSR count). The number of amides is 3. The van der Waals surface area contributed by atoms with Crippen molar-refractivity contribution in [1.29, 1.82) is 0 Å². The lowest BCUT2D eigenvalue weighted by molar-refractivity contribution is -0.143. The Balaban J connectivity index is 1.82. The lowest BCUT2D eigenvalue weighted by Gasteiger charge is -2.35. The number of rotatable bonds is 6. The van der Waals surface area contributed by atoms with E-state index >= 15 is 0 Å². The summed E-state index contributed by atoms with van der Waals surface area (Å²) in [7, 11) is 1.91. The van der Waals surface area contributed by atoms with Gasteiger partial charge in [-0.15, -0.1) is 0 Å². The highest BCUT2D eigenvalue weighted by Crippen LogP contribution is 2.32. The molecule has 1 fully saturated rings. The number of fused-ring (bicyclic) bond motifs is 10. The van der Waals surface area contributed by atoms with Crippen molar-refractivity contribution in [2.75, 3.05) is 13.7 Å². The van der Waals surface area contributed by atoms with Crippen LogP contribution < -0.4 is 15.4 Å². The van der Waals surface area contributed by atoms with Crippen molar-refractivity contribution < 1.29 is 19.1 Å². The molecule has 4 atom stereocenters. The van der Waals surface area contributed by atoms with Crippen LogP contribution in [-0.4, -0.2) is 59.4 Å². The molecule has 0 spiro atoms. The quantitative estimate of drug-likeness (QED) is 0.609. The Morgan fingerprint density at radius 3 is 2.37 bits per heavy atom. The van der Waals surface area contributed by atoms with E-state index in [4.69, 9.17) is 4.74 Å². The van der Waals surface area contributed by atoms with Gasteiger partial charge in [0.1, 0.15) is 11.8 Å². The monoisotopic (exact) mass is 518 g/mol. The Morgan fingerprint density at radius 1 is 1.00 bits per heavy atom. The van der Waals surface area contributed by atoms with Crippen LogP contribution in [0.5, 0.6) is 5.75 Å². The predicted molar refractivity (Wildman–Crippen MR) is 147 cm³/mol. The first-order valence-corrected chi connectivity index (χ1v) is 13.4. The lowest BCUT2D eigenvalue weighted by Crippen LogP contribution is -2.58. The standard InChI is InChI=1S/C30H38N4O4/c1-5-6-12-24-30(37)34(19-33(24)4)26-27(22-10-8-7-9-11-22)38-23-15-13-21(14-16-23)17-18-31-28(35)25(20(2)3)32-29(26)36/h7-11,13-18,20,24-27H,5-6,12,19H2,1-4H3,(H,31,35)(H,32,36)/b18-17-/t24-,25+,26+,27-/m1/s1. The molecular weight excluding hydrogens is 480 g/mol. The fraction of sp³-hybridized carbons (Fsp3) is 0.433. The number of unbranched alkanes of at least 4 members (excludes halogenated alkanes) is 1. The summed E-state index contributed by atoms with van der Waals surface area (Å²) in [6, 6.07) is 14.8. The van der Waals surface area contributed by atoms with E-state index in [0.29, 0.717) is 5.75 Å². The number of ether oxygens (including phenoxy) is 1. The normalized spacial score (nSPS) is 25.6. The van der Waals surface area contributed by atoms with E-state index in [1.165, 1.54) is 0 Å². The highest BCUT2D eigenvalue weighted by Gasteiger charge is 2.47. The van der Waals surface area contributed by atoms with Gasteiger partial charge in [0.25, 0.3) is 0 Å². The summed E-state index contributed by atoms with van der Waals surface area (Å²) in [5.74, 6) is -0.443. The summed E-state index contributed by atoms with van der Waals surface area (Å²) >= 11 is 0. The zero-order valence-corrected chi connectivity index (χ0v) is 22.6. The fourth-order valence-corrected chi connectivity index (χ4v) is 5.04. The zero-order chi connectivity index (χ0) is 27.2. The molecule has 3 aliphatic heterocycles. The fourth-order valence-electron chi connectivity index (χ4n) is 5.04. The minimum absolute atomic E-state index is 0.101. The Morgan fingerprint density at radius 2 is 1.71 bits per heavy atom. The highest BCUT2D eigenvalue weighted by atomic mass is 16.5. The first-order chi connectivity index (χ1) is 18.3. The molecule has 0 aliphatic carbocycles. The summed E-state index contributed by atoms with van der Waals surface area (Å²) < 4.78 is 6.52. The number of nitrogens with one attached hydrogen (secondary N) is 2. The smallest absolute Gasteiger partial charge is 0.247 e. The molecule has 2 aromatic rings. The van der Waals surface area contributed by atoms with Gasteiger partial charge in [-0.25, -0.2) is 0 Å². The summed E-state index contributed by atoms with van der Waals surface area (Å²) in [5, 5.41) is 5.75. The van der Waals surface area contributed by atoms with Gasteiger partial charge in [0.15, 0.2) is 12.1 Å². The van der Waals surface area contributed by atoms with E-state index in [1.54, 1.807) is 17.2 Å². The highest BCUT2D eigenvalue weighted by molar-refractivity contribution is 5.94. The first-order valence-electron chi connectivity index (χ1n) is 13.4. The molecule has 0 radical (unpaired) electrons. The van der Waals surface area contributed by atoms with E-state index in [-0.39, 0.29) is 30.4 Å². The number of hydrogen-bond acceptors (Lipinski definition) is 5. The van der Waals surface area contributed by atoms with E-state index in [9.17, 15) is 14.4 Å². The average molecular weight is 519 g/mol. The largest absolute Gasteiger partial charge is 0.483 e. The number of benzene rings is 2. The molecule has 3 heterocycles. The number of likely N-dealkylation sites (N-methyl/N-ethyl adjacent to an activating group) is 1. The van der Waals surface area contributed by atoms with Crippen LogP contribution in [0.1, 0.15) is 57.3 Å². The van der Waals surface area contributed by atoms with Gasteiger partial charge >= 0.3 is 0 Å². The summed E-state index contributed by atoms with van der Waals surface area (Å²) in [5.41, 5.74) is 1.66. The minimum atomic E-state index is -0.994. The lowest BCUT2D eigenvalue weighted by atomic mass is 9.97. The van der Waals surface area contributed by atoms with Crippen molar-refractivity contribution in [2.24, 2.45) is 5.92 Å². The van der Waals surface area contributed by atoms with Gasteiger partial charge in [-0.1, -0.05) is 76.1 Å². The molecule has 3 amide bonds. The summed E-state index contributed by atoms with van der Waals surface area (Å²) in [6.07, 6.45) is 5.19. The van der Waals surface area contributed by atoms with Gasteiger partial charge in [-0.05, 0) is 48.7 Å². The molecule has 8 nitrogen and oxygen atoms in total. The summed E-state index contributed by atoms with van der Waals surface area (Å²) in [6.45, 7) is 6.15. The van der Waals surface area contributed by atoms with Gasteiger partial charge in [-0.2, -0.15) is 0 Å². The van der Waals surface area contributed by atoms with Crippen molar-refractivity contribution in [3.05, 3.63) is 71.9 Å². The number of carbonyl (C=O) groups excluding carboxylic acids is 3. The molecule has 202 valence electrons. The van der Waals surface area contributed by atoms with Crippen LogP contribution in [0.15, 0.2) is 60.8 Å². The van der Waals surface area contributed by atoms with Crippen molar-refractivity contribution in [2.45, 2.75) is 64.3 Å². The van der Waals surface area contributed by atoms with Gasteiger partial charge < -0.3 is 20.3 Å². The molecule has 2 bridgehead atoms. The third kappa shape index (κ3) is 6.07. The molecule has 3 aliphatic rings. The SMILES string of the molecule is CCCC[C@@H]1C(=O)N([C@@H]2C(=O)N[C@@H](C(C)C)C(=O)N/C=C\c3ccc(cc3)O[C@@H]2c2ccccc2)CN1C. The maximum absolute atomic E-state index is 14.1. The Kier molecular flexibility index (Phi) is 8.84. The minimum Gasteiger partial charge on any atom is -0.483 e. The van der Waals surface area contributed by atoms with Gasteiger partial charge in [0.2, 0.25) is 17.7 Å². The van der Waals surface area contributed by atoms with Crippen LogP contribution >= 0.6 is 0 Å². The van der Waals surface area contributed by atoms with Crippen LogP contribution in [0.4, 0.5) is 0 Å². The average Bonchev–Trinajstić information content (AvgIpc) is 3.18. The van der Waals surface area contributed by atoms with Gasteiger partial charge in [0, 0.05) is 6.20 Å². The Bertz CT molecular complexity index is 1150. The third-order valence-electron chi connectivity index (χ3n) is 7.22. The number of hydrogen-bond donors (Lipinski definition) is 2. The van der Waals surface area contributed by atoms with Crippen molar-refractivity contribution >= 4 is 23.8 Å². The Hall–Kier alpha value is -3.65. The van der Waals surface area contributed by atoms with E-state index in [2.05, 4.69) is 17.6 Å². The number of nitrogens with zero attached hydrogens (tertiary/aromatic N) is 2. The second-order valence-corrected chi connectivity index (χ2v) is 10.4.